The number of hydrogen-bond acceptors (Lipinski definition) is 4. The number of rotatable bonds is 7. The number of benzene rings is 1. The third-order valence-corrected chi connectivity index (χ3v) is 4.15. The molecule has 1 aromatic heterocycles. The zero-order valence-corrected chi connectivity index (χ0v) is 14.6. The lowest BCUT2D eigenvalue weighted by Crippen LogP contribution is -2.38. The molecule has 27 heavy (non-hydrogen) atoms. The standard InChI is InChI=1S/C19H20F3NO4/c20-19(21,22)13-23(11-16-3-1-9-25-16)18(24)14-5-7-15(8-6-14)27-12-17-4-2-10-26-17/h1,3,5-9,17H,2,4,10-13H2. The molecular weight excluding hydrogens is 363 g/mol. The van der Waals surface area contributed by atoms with Crippen LogP contribution in [0, 0.1) is 0 Å². The van der Waals surface area contributed by atoms with Crippen molar-refractivity contribution in [3.05, 3.63) is 54.0 Å². The van der Waals surface area contributed by atoms with Crippen LogP contribution in [-0.4, -0.2) is 42.8 Å². The fraction of sp³-hybridized carbons (Fsp3) is 0.421. The van der Waals surface area contributed by atoms with Crippen molar-refractivity contribution >= 4 is 5.91 Å². The van der Waals surface area contributed by atoms with Gasteiger partial charge in [0.05, 0.1) is 18.9 Å². The number of alkyl halides is 3. The van der Waals surface area contributed by atoms with E-state index in [-0.39, 0.29) is 24.0 Å². The second-order valence-electron chi connectivity index (χ2n) is 6.33. The molecule has 1 saturated heterocycles. The first-order chi connectivity index (χ1) is 12.9. The minimum Gasteiger partial charge on any atom is -0.491 e. The van der Waals surface area contributed by atoms with Gasteiger partial charge < -0.3 is 18.8 Å². The Bertz CT molecular complexity index is 722. The normalized spacial score (nSPS) is 17.1. The van der Waals surface area contributed by atoms with Crippen molar-refractivity contribution in [2.75, 3.05) is 19.8 Å². The summed E-state index contributed by atoms with van der Waals surface area (Å²) in [6.07, 6.45) is -1.15. The zero-order valence-electron chi connectivity index (χ0n) is 14.6. The molecule has 1 aliphatic heterocycles. The van der Waals surface area contributed by atoms with Gasteiger partial charge in [-0.1, -0.05) is 0 Å². The molecule has 0 aliphatic carbocycles. The fourth-order valence-corrected chi connectivity index (χ4v) is 2.85. The van der Waals surface area contributed by atoms with Gasteiger partial charge in [0.15, 0.2) is 0 Å². The summed E-state index contributed by atoms with van der Waals surface area (Å²) < 4.78 is 54.7. The van der Waals surface area contributed by atoms with E-state index in [2.05, 4.69) is 0 Å². The van der Waals surface area contributed by atoms with Crippen LogP contribution in [0.15, 0.2) is 47.1 Å². The summed E-state index contributed by atoms with van der Waals surface area (Å²) in [6, 6.07) is 9.14. The molecule has 0 bridgehead atoms. The summed E-state index contributed by atoms with van der Waals surface area (Å²) in [5.41, 5.74) is 0.148. The SMILES string of the molecule is O=C(c1ccc(OCC2CCCO2)cc1)N(Cc1ccco1)CC(F)(F)F. The lowest BCUT2D eigenvalue weighted by atomic mass is 10.2. The average Bonchev–Trinajstić information content (AvgIpc) is 3.32. The van der Waals surface area contributed by atoms with Gasteiger partial charge in [-0.3, -0.25) is 4.79 Å². The first-order valence-electron chi connectivity index (χ1n) is 8.63. The molecule has 2 aromatic rings. The van der Waals surface area contributed by atoms with Gasteiger partial charge in [-0.2, -0.15) is 13.2 Å². The van der Waals surface area contributed by atoms with Crippen LogP contribution >= 0.6 is 0 Å². The number of amides is 1. The van der Waals surface area contributed by atoms with E-state index in [0.29, 0.717) is 17.3 Å². The van der Waals surface area contributed by atoms with E-state index in [1.54, 1.807) is 18.2 Å². The molecule has 1 fully saturated rings. The van der Waals surface area contributed by atoms with E-state index in [1.165, 1.54) is 24.5 Å². The maximum atomic E-state index is 12.9. The fourth-order valence-electron chi connectivity index (χ4n) is 2.85. The van der Waals surface area contributed by atoms with Gasteiger partial charge in [0, 0.05) is 12.2 Å². The Labute approximate surface area is 154 Å². The van der Waals surface area contributed by atoms with Gasteiger partial charge in [0.25, 0.3) is 5.91 Å². The van der Waals surface area contributed by atoms with Crippen molar-refractivity contribution in [1.29, 1.82) is 0 Å². The molecule has 5 nitrogen and oxygen atoms in total. The number of hydrogen-bond donors (Lipinski definition) is 0. The van der Waals surface area contributed by atoms with Crippen molar-refractivity contribution in [1.82, 2.24) is 4.90 Å². The average molecular weight is 383 g/mol. The second-order valence-corrected chi connectivity index (χ2v) is 6.33. The van der Waals surface area contributed by atoms with Crippen LogP contribution in [-0.2, 0) is 11.3 Å². The van der Waals surface area contributed by atoms with Gasteiger partial charge in [-0.05, 0) is 49.2 Å². The lowest BCUT2D eigenvalue weighted by Gasteiger charge is -2.23. The monoisotopic (exact) mass is 383 g/mol. The summed E-state index contributed by atoms with van der Waals surface area (Å²) in [5.74, 6) is 0.0916. The van der Waals surface area contributed by atoms with Gasteiger partial charge in [0.1, 0.15) is 24.7 Å². The topological polar surface area (TPSA) is 51.9 Å². The van der Waals surface area contributed by atoms with Crippen molar-refractivity contribution in [2.24, 2.45) is 0 Å². The summed E-state index contributed by atoms with van der Waals surface area (Å²) in [5, 5.41) is 0. The Morgan fingerprint density at radius 3 is 2.59 bits per heavy atom. The maximum Gasteiger partial charge on any atom is 0.406 e. The third kappa shape index (κ3) is 5.75. The summed E-state index contributed by atoms with van der Waals surface area (Å²) >= 11 is 0. The molecule has 146 valence electrons. The Morgan fingerprint density at radius 2 is 2.00 bits per heavy atom. The van der Waals surface area contributed by atoms with Gasteiger partial charge >= 0.3 is 6.18 Å². The minimum absolute atomic E-state index is 0.0573. The Hall–Kier alpha value is -2.48. The van der Waals surface area contributed by atoms with Crippen LogP contribution in [0.3, 0.4) is 0 Å². The molecular formula is C19H20F3NO4. The molecule has 0 radical (unpaired) electrons. The molecule has 0 saturated carbocycles. The highest BCUT2D eigenvalue weighted by molar-refractivity contribution is 5.94. The number of carbonyl (C=O) groups is 1. The highest BCUT2D eigenvalue weighted by Crippen LogP contribution is 2.22. The van der Waals surface area contributed by atoms with Gasteiger partial charge in [-0.25, -0.2) is 0 Å². The Kier molecular flexibility index (Phi) is 6.05. The summed E-state index contributed by atoms with van der Waals surface area (Å²) in [7, 11) is 0. The molecule has 1 aliphatic rings. The van der Waals surface area contributed by atoms with Crippen molar-refractivity contribution in [2.45, 2.75) is 31.7 Å². The van der Waals surface area contributed by atoms with Crippen LogP contribution in [0.5, 0.6) is 5.75 Å². The number of carbonyl (C=O) groups excluding carboxylic acids is 1. The molecule has 0 N–H and O–H groups in total. The van der Waals surface area contributed by atoms with Crippen LogP contribution < -0.4 is 4.74 Å². The quantitative estimate of drug-likeness (QED) is 0.724. The molecule has 1 aromatic carbocycles. The number of furan rings is 1. The van der Waals surface area contributed by atoms with Crippen LogP contribution in [0.2, 0.25) is 0 Å². The molecule has 0 spiro atoms. The summed E-state index contributed by atoms with van der Waals surface area (Å²) in [6.45, 7) is -0.482. The summed E-state index contributed by atoms with van der Waals surface area (Å²) in [4.78, 5) is 13.3. The Balaban J connectivity index is 1.65. The molecule has 1 amide bonds. The number of nitrogens with zero attached hydrogens (tertiary/aromatic N) is 1. The first-order valence-corrected chi connectivity index (χ1v) is 8.63. The highest BCUT2D eigenvalue weighted by atomic mass is 19.4. The van der Waals surface area contributed by atoms with Crippen molar-refractivity contribution < 1.29 is 31.9 Å². The van der Waals surface area contributed by atoms with Crippen molar-refractivity contribution in [3.8, 4) is 5.75 Å². The minimum atomic E-state index is -4.51. The number of ether oxygens (including phenoxy) is 2. The smallest absolute Gasteiger partial charge is 0.406 e. The third-order valence-electron chi connectivity index (χ3n) is 4.15. The number of halogens is 3. The predicted molar refractivity (Wildman–Crippen MR) is 90.4 cm³/mol. The van der Waals surface area contributed by atoms with Gasteiger partial charge in [-0.15, -0.1) is 0 Å². The van der Waals surface area contributed by atoms with Gasteiger partial charge in [0.2, 0.25) is 0 Å². The maximum absolute atomic E-state index is 12.9. The van der Waals surface area contributed by atoms with E-state index in [1.807, 2.05) is 0 Å². The molecule has 8 heteroatoms. The highest BCUT2D eigenvalue weighted by Gasteiger charge is 2.33. The van der Waals surface area contributed by atoms with E-state index >= 15 is 0 Å². The van der Waals surface area contributed by atoms with Crippen LogP contribution in [0.1, 0.15) is 29.0 Å². The Morgan fingerprint density at radius 1 is 1.22 bits per heavy atom. The largest absolute Gasteiger partial charge is 0.491 e. The van der Waals surface area contributed by atoms with Crippen LogP contribution in [0.25, 0.3) is 0 Å². The van der Waals surface area contributed by atoms with E-state index < -0.39 is 18.6 Å². The first kappa shape index (κ1) is 19.3. The van der Waals surface area contributed by atoms with E-state index in [9.17, 15) is 18.0 Å². The molecule has 1 unspecified atom stereocenters. The molecule has 1 atom stereocenters. The van der Waals surface area contributed by atoms with Crippen LogP contribution in [0.4, 0.5) is 13.2 Å². The zero-order chi connectivity index (χ0) is 19.3. The van der Waals surface area contributed by atoms with E-state index in [0.717, 1.165) is 19.4 Å². The predicted octanol–water partition coefficient (Wildman–Crippen LogP) is 4.04. The molecule has 2 heterocycles. The van der Waals surface area contributed by atoms with E-state index in [4.69, 9.17) is 13.9 Å². The lowest BCUT2D eigenvalue weighted by molar-refractivity contribution is -0.142. The molecule has 3 rings (SSSR count). The second kappa shape index (κ2) is 8.47. The van der Waals surface area contributed by atoms with Crippen molar-refractivity contribution in [3.63, 3.8) is 0 Å².